The van der Waals surface area contributed by atoms with E-state index < -0.39 is 5.97 Å². The van der Waals surface area contributed by atoms with E-state index in [2.05, 4.69) is 4.99 Å². The molecule has 0 heterocycles. The highest BCUT2D eigenvalue weighted by molar-refractivity contribution is 6.36. The van der Waals surface area contributed by atoms with Crippen LogP contribution in [-0.2, 0) is 4.79 Å². The molecule has 0 amide bonds. The lowest BCUT2D eigenvalue weighted by Crippen LogP contribution is -2.07. The maximum absolute atomic E-state index is 12.1. The second-order valence-corrected chi connectivity index (χ2v) is 5.36. The molecule has 0 aliphatic rings. The molecule has 0 atom stereocenters. The number of allylic oxidation sites excluding steroid dienone is 2. The molecule has 0 unspecified atom stereocenters. The van der Waals surface area contributed by atoms with Crippen LogP contribution in [0.25, 0.3) is 0 Å². The number of benzene rings is 1. The molecule has 0 spiro atoms. The molecule has 124 valence electrons. The second-order valence-electron chi connectivity index (χ2n) is 4.99. The Kier molecular flexibility index (Phi) is 7.48. The van der Waals surface area contributed by atoms with E-state index in [9.17, 15) is 14.7 Å². The Morgan fingerprint density at radius 2 is 1.83 bits per heavy atom. The number of Topliss-reactive ketones (excluding diaryl/α,β-unsaturated/α-hetero) is 1. The number of aromatic carboxylic acids is 1. The van der Waals surface area contributed by atoms with Crippen molar-refractivity contribution < 1.29 is 19.8 Å². The molecule has 0 aliphatic heterocycles. The molecule has 0 saturated carbocycles. The van der Waals surface area contributed by atoms with Crippen LogP contribution in [0.3, 0.4) is 0 Å². The fourth-order valence-electron chi connectivity index (χ4n) is 1.96. The monoisotopic (exact) mass is 337 g/mol. The Labute approximate surface area is 140 Å². The van der Waals surface area contributed by atoms with Crippen molar-refractivity contribution in [1.29, 1.82) is 0 Å². The number of carboxylic acid groups (broad SMARTS) is 1. The molecule has 0 bridgehead atoms. The average molecular weight is 338 g/mol. The highest BCUT2D eigenvalue weighted by Gasteiger charge is 2.14. The number of nitrogens with zero attached hydrogens (tertiary/aromatic N) is 1. The molecule has 0 fully saturated rings. The topological polar surface area (TPSA) is 87.0 Å². The smallest absolute Gasteiger partial charge is 0.337 e. The molecule has 1 aromatic carbocycles. The summed E-state index contributed by atoms with van der Waals surface area (Å²) in [6.07, 6.45) is 3.29. The first kappa shape index (κ1) is 18.9. The third-order valence-corrected chi connectivity index (χ3v) is 3.51. The number of carbonyl (C=O) groups is 2. The van der Waals surface area contributed by atoms with Gasteiger partial charge >= 0.3 is 5.97 Å². The van der Waals surface area contributed by atoms with Gasteiger partial charge < -0.3 is 10.2 Å². The van der Waals surface area contributed by atoms with Crippen LogP contribution in [0.15, 0.2) is 34.5 Å². The van der Waals surface area contributed by atoms with Gasteiger partial charge in [0.15, 0.2) is 5.78 Å². The first-order chi connectivity index (χ1) is 10.9. The van der Waals surface area contributed by atoms with Gasteiger partial charge in [-0.15, -0.1) is 0 Å². The molecule has 5 nitrogen and oxygen atoms in total. The normalized spacial score (nSPS) is 12.3. The summed E-state index contributed by atoms with van der Waals surface area (Å²) in [5.41, 5.74) is 0.313. The quantitative estimate of drug-likeness (QED) is 0.408. The van der Waals surface area contributed by atoms with Gasteiger partial charge in [0, 0.05) is 19.1 Å². The van der Waals surface area contributed by atoms with Crippen LogP contribution in [0.5, 0.6) is 0 Å². The summed E-state index contributed by atoms with van der Waals surface area (Å²) in [7, 11) is 0. The van der Waals surface area contributed by atoms with E-state index in [1.54, 1.807) is 6.07 Å². The number of hydrogen-bond donors (Lipinski definition) is 2. The van der Waals surface area contributed by atoms with E-state index in [1.807, 2.05) is 13.8 Å². The van der Waals surface area contributed by atoms with Gasteiger partial charge in [0.05, 0.1) is 21.8 Å². The first-order valence-electron chi connectivity index (χ1n) is 7.43. The van der Waals surface area contributed by atoms with Crippen LogP contribution < -0.4 is 0 Å². The van der Waals surface area contributed by atoms with E-state index in [0.29, 0.717) is 25.7 Å². The van der Waals surface area contributed by atoms with Crippen LogP contribution in [-0.4, -0.2) is 28.2 Å². The van der Waals surface area contributed by atoms with Gasteiger partial charge in [-0.25, -0.2) is 4.79 Å². The van der Waals surface area contributed by atoms with Crippen molar-refractivity contribution in [2.45, 2.75) is 39.5 Å². The third-order valence-electron chi connectivity index (χ3n) is 3.12. The van der Waals surface area contributed by atoms with Crippen LogP contribution in [0.2, 0.25) is 5.02 Å². The van der Waals surface area contributed by atoms with E-state index in [1.165, 1.54) is 18.3 Å². The van der Waals surface area contributed by atoms with E-state index in [0.717, 1.165) is 0 Å². The summed E-state index contributed by atoms with van der Waals surface area (Å²) in [5, 5.41) is 19.1. The van der Waals surface area contributed by atoms with Crippen molar-refractivity contribution in [3.05, 3.63) is 40.1 Å². The lowest BCUT2D eigenvalue weighted by molar-refractivity contribution is -0.115. The second kappa shape index (κ2) is 9.10. The van der Waals surface area contributed by atoms with Crippen LogP contribution in [0, 0.1) is 0 Å². The Morgan fingerprint density at radius 3 is 2.39 bits per heavy atom. The highest BCUT2D eigenvalue weighted by Crippen LogP contribution is 2.28. The molecule has 23 heavy (non-hydrogen) atoms. The summed E-state index contributed by atoms with van der Waals surface area (Å²) in [4.78, 5) is 27.3. The molecule has 2 N–H and O–H groups in total. The van der Waals surface area contributed by atoms with Crippen LogP contribution in [0.1, 0.15) is 49.9 Å². The minimum absolute atomic E-state index is 0.00600. The van der Waals surface area contributed by atoms with Gasteiger partial charge in [-0.2, -0.15) is 0 Å². The Balaban J connectivity index is 3.21. The molecular formula is C17H20ClNO4. The first-order valence-corrected chi connectivity index (χ1v) is 7.81. The largest absolute Gasteiger partial charge is 0.512 e. The number of aliphatic hydroxyl groups excluding tert-OH is 1. The number of carbonyl (C=O) groups excluding carboxylic acids is 1. The van der Waals surface area contributed by atoms with Crippen LogP contribution in [0.4, 0.5) is 5.69 Å². The molecule has 0 saturated heterocycles. The number of halogens is 1. The zero-order valence-electron chi connectivity index (χ0n) is 13.2. The zero-order valence-corrected chi connectivity index (χ0v) is 13.9. The number of ketones is 1. The molecular weight excluding hydrogens is 318 g/mol. The lowest BCUT2D eigenvalue weighted by atomic mass is 10.0. The van der Waals surface area contributed by atoms with E-state index >= 15 is 0 Å². The molecule has 1 rings (SSSR count). The fourth-order valence-corrected chi connectivity index (χ4v) is 2.22. The predicted octanol–water partition coefficient (Wildman–Crippen LogP) is 4.72. The van der Waals surface area contributed by atoms with Crippen molar-refractivity contribution in [1.82, 2.24) is 0 Å². The van der Waals surface area contributed by atoms with Crippen molar-refractivity contribution in [2.24, 2.45) is 4.99 Å². The zero-order chi connectivity index (χ0) is 17.4. The van der Waals surface area contributed by atoms with Crippen molar-refractivity contribution in [2.75, 3.05) is 0 Å². The van der Waals surface area contributed by atoms with Gasteiger partial charge in [0.1, 0.15) is 5.76 Å². The minimum Gasteiger partial charge on any atom is -0.512 e. The molecule has 1 aromatic rings. The Hall–Kier alpha value is -2.14. The molecule has 0 radical (unpaired) electrons. The highest BCUT2D eigenvalue weighted by atomic mass is 35.5. The van der Waals surface area contributed by atoms with Crippen molar-refractivity contribution in [3.8, 4) is 0 Å². The number of hydrogen-bond acceptors (Lipinski definition) is 4. The number of aliphatic imine (C=N–C) groups is 1. The van der Waals surface area contributed by atoms with Gasteiger partial charge in [-0.3, -0.25) is 9.79 Å². The minimum atomic E-state index is -1.15. The number of rotatable bonds is 8. The number of aliphatic hydroxyl groups is 1. The summed E-state index contributed by atoms with van der Waals surface area (Å²) < 4.78 is 0. The van der Waals surface area contributed by atoms with Gasteiger partial charge in [-0.05, 0) is 25.0 Å². The summed E-state index contributed by atoms with van der Waals surface area (Å²) in [5.74, 6) is -1.37. The average Bonchev–Trinajstić information content (AvgIpc) is 2.49. The van der Waals surface area contributed by atoms with E-state index in [4.69, 9.17) is 16.7 Å². The number of carboxylic acids is 1. The van der Waals surface area contributed by atoms with Gasteiger partial charge in [0.2, 0.25) is 0 Å². The third kappa shape index (κ3) is 5.21. The van der Waals surface area contributed by atoms with Crippen molar-refractivity contribution >= 4 is 35.3 Å². The summed E-state index contributed by atoms with van der Waals surface area (Å²) in [6, 6.07) is 4.44. The standard InChI is InChI=1S/C17H20ClNO4/c1-3-6-14(20)12(15(21)7-4-2)10-19-13-9-5-8-11(16(13)18)17(22)23/h5,8-10,20H,3-4,6-7H2,1-2H3,(H,22,23). The van der Waals surface area contributed by atoms with Gasteiger partial charge in [0.25, 0.3) is 0 Å². The summed E-state index contributed by atoms with van der Waals surface area (Å²) in [6.45, 7) is 3.76. The van der Waals surface area contributed by atoms with Gasteiger partial charge in [-0.1, -0.05) is 31.5 Å². The predicted molar refractivity (Wildman–Crippen MR) is 91.0 cm³/mol. The molecule has 0 aliphatic carbocycles. The maximum Gasteiger partial charge on any atom is 0.337 e. The summed E-state index contributed by atoms with van der Waals surface area (Å²) >= 11 is 6.01. The van der Waals surface area contributed by atoms with Crippen molar-refractivity contribution in [3.63, 3.8) is 0 Å². The van der Waals surface area contributed by atoms with Crippen LogP contribution >= 0.6 is 11.6 Å². The van der Waals surface area contributed by atoms with E-state index in [-0.39, 0.29) is 33.4 Å². The Morgan fingerprint density at radius 1 is 1.17 bits per heavy atom. The Bertz CT molecular complexity index is 650. The SMILES string of the molecule is CCCC(=O)C(C=Nc1cccc(C(=O)O)c1Cl)=C(O)CCC. The molecule has 0 aromatic heterocycles. The lowest BCUT2D eigenvalue weighted by Gasteiger charge is -2.06. The fraction of sp³-hybridized carbons (Fsp3) is 0.353. The maximum atomic E-state index is 12.1. The molecule has 6 heteroatoms.